The number of amides is 1. The van der Waals surface area contributed by atoms with Gasteiger partial charge in [-0.25, -0.2) is 9.38 Å². The molecular formula is C19H26FN3O2. The zero-order valence-corrected chi connectivity index (χ0v) is 15.3. The summed E-state index contributed by atoms with van der Waals surface area (Å²) in [6.45, 7) is 6.89. The molecule has 0 radical (unpaired) electrons. The maximum Gasteiger partial charge on any atom is 0.237 e. The third-order valence-corrected chi connectivity index (χ3v) is 5.84. The van der Waals surface area contributed by atoms with Crippen molar-refractivity contribution in [2.75, 3.05) is 20.3 Å². The molecule has 0 aliphatic carbocycles. The molecule has 1 aromatic rings. The van der Waals surface area contributed by atoms with Gasteiger partial charge in [-0.15, -0.1) is 0 Å². The second kappa shape index (κ2) is 6.09. The van der Waals surface area contributed by atoms with Crippen LogP contribution in [0.3, 0.4) is 0 Å². The molecule has 2 aliphatic heterocycles. The average Bonchev–Trinajstić information content (AvgIpc) is 3.06. The van der Waals surface area contributed by atoms with Crippen LogP contribution < -0.4 is 5.73 Å². The highest BCUT2D eigenvalue weighted by molar-refractivity contribution is 6.01. The molecule has 6 heteroatoms. The topological polar surface area (TPSA) is 67.9 Å². The first-order chi connectivity index (χ1) is 11.7. The Hall–Kier alpha value is -1.95. The van der Waals surface area contributed by atoms with Crippen LogP contribution in [0.1, 0.15) is 38.3 Å². The molecule has 1 saturated heterocycles. The van der Waals surface area contributed by atoms with E-state index in [4.69, 9.17) is 10.5 Å². The van der Waals surface area contributed by atoms with E-state index >= 15 is 0 Å². The first-order valence-corrected chi connectivity index (χ1v) is 8.67. The third-order valence-electron chi connectivity index (χ3n) is 5.84. The molecule has 1 fully saturated rings. The van der Waals surface area contributed by atoms with E-state index < -0.39 is 11.0 Å². The molecule has 1 amide bonds. The van der Waals surface area contributed by atoms with E-state index in [2.05, 4.69) is 4.99 Å². The predicted molar refractivity (Wildman–Crippen MR) is 94.6 cm³/mol. The van der Waals surface area contributed by atoms with Gasteiger partial charge in [0.2, 0.25) is 5.91 Å². The fraction of sp³-hybridized carbons (Fsp3) is 0.579. The zero-order chi connectivity index (χ0) is 18.4. The van der Waals surface area contributed by atoms with Crippen molar-refractivity contribution in [3.8, 4) is 0 Å². The highest BCUT2D eigenvalue weighted by Crippen LogP contribution is 2.47. The van der Waals surface area contributed by atoms with Gasteiger partial charge in [-0.3, -0.25) is 9.69 Å². The number of rotatable bonds is 3. The zero-order valence-electron chi connectivity index (χ0n) is 15.3. The molecule has 136 valence electrons. The SMILES string of the molecule is CN1C(=O)C(C)(C)[C@@](C)(c2cc(CC3CCOC3)ccc2F)N=C1N. The van der Waals surface area contributed by atoms with E-state index in [1.807, 2.05) is 6.07 Å². The van der Waals surface area contributed by atoms with Crippen LogP contribution in [0.2, 0.25) is 0 Å². The van der Waals surface area contributed by atoms with Crippen molar-refractivity contribution in [2.45, 2.75) is 39.2 Å². The van der Waals surface area contributed by atoms with Crippen LogP contribution in [0.15, 0.2) is 23.2 Å². The minimum absolute atomic E-state index is 0.112. The fourth-order valence-corrected chi connectivity index (χ4v) is 3.72. The van der Waals surface area contributed by atoms with Crippen LogP contribution in [0.4, 0.5) is 4.39 Å². The number of carbonyl (C=O) groups excluding carboxylic acids is 1. The van der Waals surface area contributed by atoms with Gasteiger partial charge in [0.1, 0.15) is 11.4 Å². The number of nitrogens with zero attached hydrogens (tertiary/aromatic N) is 2. The summed E-state index contributed by atoms with van der Waals surface area (Å²) in [7, 11) is 1.59. The fourth-order valence-electron chi connectivity index (χ4n) is 3.72. The van der Waals surface area contributed by atoms with Crippen molar-refractivity contribution in [3.63, 3.8) is 0 Å². The van der Waals surface area contributed by atoms with Crippen molar-refractivity contribution in [3.05, 3.63) is 35.1 Å². The van der Waals surface area contributed by atoms with Crippen LogP contribution in [-0.2, 0) is 21.5 Å². The van der Waals surface area contributed by atoms with Gasteiger partial charge in [-0.05, 0) is 51.2 Å². The summed E-state index contributed by atoms with van der Waals surface area (Å²) in [6, 6.07) is 5.11. The van der Waals surface area contributed by atoms with Gasteiger partial charge in [0.25, 0.3) is 0 Å². The van der Waals surface area contributed by atoms with Crippen LogP contribution >= 0.6 is 0 Å². The lowest BCUT2D eigenvalue weighted by atomic mass is 9.67. The molecule has 3 rings (SSSR count). The largest absolute Gasteiger partial charge is 0.381 e. The maximum atomic E-state index is 14.7. The van der Waals surface area contributed by atoms with Gasteiger partial charge in [0, 0.05) is 25.8 Å². The lowest BCUT2D eigenvalue weighted by Gasteiger charge is -2.46. The van der Waals surface area contributed by atoms with Crippen molar-refractivity contribution >= 4 is 11.9 Å². The molecule has 0 bridgehead atoms. The quantitative estimate of drug-likeness (QED) is 0.913. The van der Waals surface area contributed by atoms with Gasteiger partial charge < -0.3 is 10.5 Å². The minimum atomic E-state index is -1.06. The van der Waals surface area contributed by atoms with Crippen LogP contribution in [0.25, 0.3) is 0 Å². The Kier molecular flexibility index (Phi) is 4.35. The standard InChI is InChI=1S/C19H26FN3O2/c1-18(2)16(24)23(4)17(21)22-19(18,3)14-10-12(5-6-15(14)20)9-13-7-8-25-11-13/h5-6,10,13H,7-9,11H2,1-4H3,(H2,21,22)/t13?,19-/m1/s1. The molecule has 1 unspecified atom stereocenters. The molecule has 2 aliphatic rings. The maximum absolute atomic E-state index is 14.7. The number of aliphatic imine (C=N–C) groups is 1. The van der Waals surface area contributed by atoms with Crippen LogP contribution in [0, 0.1) is 17.2 Å². The summed E-state index contributed by atoms with van der Waals surface area (Å²) in [4.78, 5) is 18.6. The highest BCUT2D eigenvalue weighted by Gasteiger charge is 2.53. The Bertz CT molecular complexity index is 725. The van der Waals surface area contributed by atoms with Crippen molar-refractivity contribution in [1.29, 1.82) is 0 Å². The van der Waals surface area contributed by atoms with E-state index in [0.29, 0.717) is 11.5 Å². The number of benzene rings is 1. The van der Waals surface area contributed by atoms with Gasteiger partial charge in [-0.2, -0.15) is 0 Å². The number of nitrogens with two attached hydrogens (primary N) is 1. The third kappa shape index (κ3) is 2.82. The second-order valence-electron chi connectivity index (χ2n) is 7.78. The molecule has 0 aromatic heterocycles. The lowest BCUT2D eigenvalue weighted by molar-refractivity contribution is -0.140. The number of hydrogen-bond donors (Lipinski definition) is 1. The van der Waals surface area contributed by atoms with E-state index in [-0.39, 0.29) is 17.7 Å². The summed E-state index contributed by atoms with van der Waals surface area (Å²) in [5.41, 5.74) is 5.41. The Labute approximate surface area is 148 Å². The molecule has 2 atom stereocenters. The second-order valence-corrected chi connectivity index (χ2v) is 7.78. The van der Waals surface area contributed by atoms with Crippen LogP contribution in [0.5, 0.6) is 0 Å². The number of hydrogen-bond acceptors (Lipinski definition) is 4. The molecular weight excluding hydrogens is 321 g/mol. The van der Waals surface area contributed by atoms with Gasteiger partial charge in [0.15, 0.2) is 5.96 Å². The lowest BCUT2D eigenvalue weighted by Crippen LogP contribution is -2.58. The van der Waals surface area contributed by atoms with E-state index in [0.717, 1.165) is 31.6 Å². The number of guanidine groups is 1. The van der Waals surface area contributed by atoms with E-state index in [9.17, 15) is 9.18 Å². The summed E-state index contributed by atoms with van der Waals surface area (Å²) < 4.78 is 20.2. The van der Waals surface area contributed by atoms with E-state index in [1.54, 1.807) is 33.9 Å². The van der Waals surface area contributed by atoms with Crippen molar-refractivity contribution < 1.29 is 13.9 Å². The van der Waals surface area contributed by atoms with Crippen LogP contribution in [-0.4, -0.2) is 37.0 Å². The van der Waals surface area contributed by atoms with Crippen molar-refractivity contribution in [2.24, 2.45) is 22.1 Å². The number of ether oxygens (including phenoxy) is 1. The van der Waals surface area contributed by atoms with Gasteiger partial charge in [0.05, 0.1) is 5.41 Å². The number of halogens is 1. The monoisotopic (exact) mass is 347 g/mol. The smallest absolute Gasteiger partial charge is 0.237 e. The Balaban J connectivity index is 2.05. The predicted octanol–water partition coefficient (Wildman–Crippen LogP) is 2.43. The van der Waals surface area contributed by atoms with Gasteiger partial charge >= 0.3 is 0 Å². The summed E-state index contributed by atoms with van der Waals surface area (Å²) in [6.07, 6.45) is 1.85. The molecule has 1 aromatic carbocycles. The molecule has 25 heavy (non-hydrogen) atoms. The van der Waals surface area contributed by atoms with E-state index in [1.165, 1.54) is 11.0 Å². The molecule has 0 saturated carbocycles. The van der Waals surface area contributed by atoms with Gasteiger partial charge in [-0.1, -0.05) is 12.1 Å². The Morgan fingerprint density at radius 1 is 1.40 bits per heavy atom. The Morgan fingerprint density at radius 3 is 2.76 bits per heavy atom. The minimum Gasteiger partial charge on any atom is -0.381 e. The first kappa shape index (κ1) is 17.9. The highest BCUT2D eigenvalue weighted by atomic mass is 19.1. The summed E-state index contributed by atoms with van der Waals surface area (Å²) in [5.74, 6) is 0.0278. The Morgan fingerprint density at radius 2 is 2.12 bits per heavy atom. The molecule has 0 spiro atoms. The summed E-state index contributed by atoms with van der Waals surface area (Å²) in [5, 5.41) is 0. The van der Waals surface area contributed by atoms with Crippen molar-refractivity contribution in [1.82, 2.24) is 4.90 Å². The molecule has 5 nitrogen and oxygen atoms in total. The normalized spacial score (nSPS) is 29.0. The summed E-state index contributed by atoms with van der Waals surface area (Å²) >= 11 is 0. The number of carbonyl (C=O) groups is 1. The first-order valence-electron chi connectivity index (χ1n) is 8.67. The molecule has 2 heterocycles. The average molecular weight is 347 g/mol. The molecule has 2 N–H and O–H groups in total.